The fraction of sp³-hybridized carbons (Fsp3) is 0.150. The van der Waals surface area contributed by atoms with E-state index < -0.39 is 0 Å². The van der Waals surface area contributed by atoms with Crippen LogP contribution in [0.2, 0.25) is 0 Å². The summed E-state index contributed by atoms with van der Waals surface area (Å²) >= 11 is 0. The number of hydrogen-bond donors (Lipinski definition) is 1. The molecule has 0 saturated heterocycles. The van der Waals surface area contributed by atoms with Gasteiger partial charge >= 0.3 is 0 Å². The summed E-state index contributed by atoms with van der Waals surface area (Å²) in [5.41, 5.74) is 8.28. The smallest absolute Gasteiger partial charge is 0.0729 e. The maximum atomic E-state index is 4.67. The van der Waals surface area contributed by atoms with Crippen molar-refractivity contribution in [2.45, 2.75) is 20.8 Å². The molecule has 2 aromatic heterocycles. The molecule has 0 spiro atoms. The molecule has 2 aromatic carbocycles. The van der Waals surface area contributed by atoms with E-state index >= 15 is 0 Å². The van der Waals surface area contributed by atoms with Gasteiger partial charge in [-0.05, 0) is 55.7 Å². The van der Waals surface area contributed by atoms with Crippen LogP contribution in [0.25, 0.3) is 32.9 Å². The average molecular weight is 286 g/mol. The zero-order valence-electron chi connectivity index (χ0n) is 13.1. The number of aromatic amines is 1. The van der Waals surface area contributed by atoms with Crippen molar-refractivity contribution in [3.05, 3.63) is 65.5 Å². The van der Waals surface area contributed by atoms with E-state index in [2.05, 4.69) is 79.3 Å². The van der Waals surface area contributed by atoms with Crippen LogP contribution in [0, 0.1) is 20.8 Å². The Bertz CT molecular complexity index is 995. The lowest BCUT2D eigenvalue weighted by Crippen LogP contribution is -1.89. The van der Waals surface area contributed by atoms with Crippen LogP contribution in [0.5, 0.6) is 0 Å². The number of nitrogens with one attached hydrogen (secondary N) is 1. The molecule has 0 fully saturated rings. The maximum Gasteiger partial charge on any atom is 0.0729 e. The summed E-state index contributed by atoms with van der Waals surface area (Å²) in [7, 11) is 0. The highest BCUT2D eigenvalue weighted by Gasteiger charge is 2.11. The number of fused-ring (bicyclic) bond motifs is 2. The van der Waals surface area contributed by atoms with Gasteiger partial charge in [0.2, 0.25) is 0 Å². The molecular weight excluding hydrogens is 268 g/mol. The first-order chi connectivity index (χ1) is 10.6. The average Bonchev–Trinajstić information content (AvgIpc) is 2.80. The number of rotatable bonds is 1. The van der Waals surface area contributed by atoms with Gasteiger partial charge in [0.15, 0.2) is 0 Å². The summed E-state index contributed by atoms with van der Waals surface area (Å²) < 4.78 is 0. The van der Waals surface area contributed by atoms with Crippen LogP contribution in [-0.2, 0) is 0 Å². The summed E-state index contributed by atoms with van der Waals surface area (Å²) in [5.74, 6) is 0. The molecule has 4 aromatic rings. The fourth-order valence-electron chi connectivity index (χ4n) is 3.17. The van der Waals surface area contributed by atoms with Crippen molar-refractivity contribution < 1.29 is 0 Å². The molecule has 2 heterocycles. The van der Waals surface area contributed by atoms with Crippen molar-refractivity contribution in [2.75, 3.05) is 0 Å². The fourth-order valence-corrected chi connectivity index (χ4v) is 3.17. The highest BCUT2D eigenvalue weighted by Crippen LogP contribution is 2.33. The molecule has 1 N–H and O–H groups in total. The van der Waals surface area contributed by atoms with Crippen LogP contribution in [0.15, 0.2) is 48.5 Å². The second kappa shape index (κ2) is 4.70. The highest BCUT2D eigenvalue weighted by molar-refractivity contribution is 6.03. The van der Waals surface area contributed by atoms with Crippen molar-refractivity contribution in [3.8, 4) is 11.1 Å². The molecule has 0 bridgehead atoms. The first-order valence-corrected chi connectivity index (χ1v) is 7.59. The van der Waals surface area contributed by atoms with E-state index in [0.29, 0.717) is 0 Å². The van der Waals surface area contributed by atoms with E-state index in [-0.39, 0.29) is 0 Å². The Kier molecular flexibility index (Phi) is 2.80. The molecule has 4 rings (SSSR count). The highest BCUT2D eigenvalue weighted by atomic mass is 14.7. The van der Waals surface area contributed by atoms with Crippen LogP contribution in [0.3, 0.4) is 0 Å². The predicted molar refractivity (Wildman–Crippen MR) is 93.2 cm³/mol. The molecule has 2 nitrogen and oxygen atoms in total. The van der Waals surface area contributed by atoms with Gasteiger partial charge in [-0.3, -0.25) is 4.98 Å². The van der Waals surface area contributed by atoms with E-state index in [1.807, 2.05) is 0 Å². The third kappa shape index (κ3) is 1.92. The van der Waals surface area contributed by atoms with E-state index in [9.17, 15) is 0 Å². The van der Waals surface area contributed by atoms with Gasteiger partial charge in [0.25, 0.3) is 0 Å². The number of H-pyrrole nitrogens is 1. The molecule has 0 aliphatic rings. The van der Waals surface area contributed by atoms with E-state index in [4.69, 9.17) is 0 Å². The quantitative estimate of drug-likeness (QED) is 0.505. The molecule has 108 valence electrons. The normalized spacial score (nSPS) is 11.4. The number of hydrogen-bond acceptors (Lipinski definition) is 1. The molecule has 0 radical (unpaired) electrons. The molecule has 0 atom stereocenters. The molecule has 2 heteroatoms. The molecule has 0 saturated carbocycles. The minimum atomic E-state index is 1.07. The maximum absolute atomic E-state index is 4.67. The third-order valence-electron chi connectivity index (χ3n) is 4.44. The standard InChI is InChI=1S/C20H18N2/c1-12-9-17(15-7-5-4-6-8-15)18-10-16-13(2)14(3)22-19(16)11-20(18)21-12/h4-11,21H,1-3H3. The molecule has 0 aliphatic heterocycles. The SMILES string of the molecule is Cc1cc(-c2ccccc2)c2cc3c(C)c(C)nc3cc2[nH]1. The summed E-state index contributed by atoms with van der Waals surface area (Å²) in [6, 6.07) is 17.2. The second-order valence-corrected chi connectivity index (χ2v) is 5.97. The number of aryl methyl sites for hydroxylation is 3. The van der Waals surface area contributed by atoms with Crippen LogP contribution >= 0.6 is 0 Å². The first kappa shape index (κ1) is 13.1. The van der Waals surface area contributed by atoms with Gasteiger partial charge in [0.05, 0.1) is 5.52 Å². The van der Waals surface area contributed by atoms with Crippen molar-refractivity contribution in [3.63, 3.8) is 0 Å². The van der Waals surface area contributed by atoms with Crippen molar-refractivity contribution >= 4 is 21.8 Å². The Labute approximate surface area is 129 Å². The lowest BCUT2D eigenvalue weighted by molar-refractivity contribution is 1.25. The minimum Gasteiger partial charge on any atom is -0.359 e. The van der Waals surface area contributed by atoms with Gasteiger partial charge in [0.1, 0.15) is 0 Å². The van der Waals surface area contributed by atoms with E-state index in [1.54, 1.807) is 0 Å². The number of benzene rings is 2. The lowest BCUT2D eigenvalue weighted by Gasteiger charge is -2.10. The molecular formula is C20H18N2. The summed E-state index contributed by atoms with van der Waals surface area (Å²) in [4.78, 5) is 8.16. The van der Waals surface area contributed by atoms with Crippen molar-refractivity contribution in [1.29, 1.82) is 0 Å². The Balaban J connectivity index is 2.14. The second-order valence-electron chi connectivity index (χ2n) is 5.97. The summed E-state index contributed by atoms with van der Waals surface area (Å²) in [5, 5.41) is 2.50. The zero-order chi connectivity index (χ0) is 15.3. The summed E-state index contributed by atoms with van der Waals surface area (Å²) in [6.45, 7) is 6.33. The molecule has 0 amide bonds. The van der Waals surface area contributed by atoms with Gasteiger partial charge in [-0.25, -0.2) is 0 Å². The molecule has 0 unspecified atom stereocenters. The molecule has 22 heavy (non-hydrogen) atoms. The van der Waals surface area contributed by atoms with Crippen molar-refractivity contribution in [2.24, 2.45) is 0 Å². The first-order valence-electron chi connectivity index (χ1n) is 7.59. The van der Waals surface area contributed by atoms with E-state index in [0.717, 1.165) is 22.4 Å². The zero-order valence-corrected chi connectivity index (χ0v) is 13.1. The van der Waals surface area contributed by atoms with Gasteiger partial charge in [0, 0.05) is 27.7 Å². The van der Waals surface area contributed by atoms with Crippen LogP contribution in [-0.4, -0.2) is 9.97 Å². The van der Waals surface area contributed by atoms with Crippen LogP contribution < -0.4 is 0 Å². The predicted octanol–water partition coefficient (Wildman–Crippen LogP) is 5.31. The van der Waals surface area contributed by atoms with Gasteiger partial charge < -0.3 is 4.98 Å². The van der Waals surface area contributed by atoms with Gasteiger partial charge in [-0.1, -0.05) is 30.3 Å². The van der Waals surface area contributed by atoms with Gasteiger partial charge in [-0.15, -0.1) is 0 Å². The largest absolute Gasteiger partial charge is 0.359 e. The number of pyridine rings is 1. The van der Waals surface area contributed by atoms with Crippen LogP contribution in [0.4, 0.5) is 0 Å². The topological polar surface area (TPSA) is 28.7 Å². The lowest BCUT2D eigenvalue weighted by atomic mass is 9.98. The Morgan fingerprint density at radius 3 is 2.41 bits per heavy atom. The minimum absolute atomic E-state index is 1.07. The number of aromatic nitrogens is 2. The summed E-state index contributed by atoms with van der Waals surface area (Å²) in [6.07, 6.45) is 0. The van der Waals surface area contributed by atoms with E-state index in [1.165, 1.54) is 27.5 Å². The Hall–Kier alpha value is -2.61. The number of nitrogens with zero attached hydrogens (tertiary/aromatic N) is 1. The van der Waals surface area contributed by atoms with Crippen LogP contribution in [0.1, 0.15) is 17.0 Å². The third-order valence-corrected chi connectivity index (χ3v) is 4.44. The van der Waals surface area contributed by atoms with Gasteiger partial charge in [-0.2, -0.15) is 0 Å². The Morgan fingerprint density at radius 2 is 1.64 bits per heavy atom. The molecule has 0 aliphatic carbocycles. The Morgan fingerprint density at radius 1 is 0.864 bits per heavy atom. The van der Waals surface area contributed by atoms with Crippen molar-refractivity contribution in [1.82, 2.24) is 9.97 Å². The monoisotopic (exact) mass is 286 g/mol.